The summed E-state index contributed by atoms with van der Waals surface area (Å²) in [4.78, 5) is 41.4. The number of hydrazine groups is 1. The molecule has 0 spiro atoms. The summed E-state index contributed by atoms with van der Waals surface area (Å²) in [6.45, 7) is 0. The van der Waals surface area contributed by atoms with Gasteiger partial charge >= 0.3 is 12.2 Å². The first-order valence-electron chi connectivity index (χ1n) is 14.0. The maximum atomic E-state index is 13.1. The second kappa shape index (κ2) is 14.5. The van der Waals surface area contributed by atoms with Crippen molar-refractivity contribution in [3.8, 4) is 22.6 Å². The monoisotopic (exact) mass is 659 g/mol. The zero-order valence-electron chi connectivity index (χ0n) is 24.3. The van der Waals surface area contributed by atoms with Crippen LogP contribution in [0.1, 0.15) is 21.6 Å². The fourth-order valence-corrected chi connectivity index (χ4v) is 4.55. The number of anilines is 2. The topological polar surface area (TPSA) is 121 Å². The SMILES string of the molecule is O=C(Cc1ccc(-c2ccccc2)cc1)NNC(=O)c1cc(Oc2ccc(NC(=O)Nc3ccc(Cl)c(C(F)(F)F)c3)cc2)ccn1. The van der Waals surface area contributed by atoms with Crippen LogP contribution in [-0.4, -0.2) is 22.8 Å². The number of carbonyl (C=O) groups is 3. The molecule has 4 aromatic carbocycles. The van der Waals surface area contributed by atoms with E-state index in [1.165, 1.54) is 48.7 Å². The lowest BCUT2D eigenvalue weighted by atomic mass is 10.0. The number of amides is 4. The highest BCUT2D eigenvalue weighted by atomic mass is 35.5. The first-order valence-corrected chi connectivity index (χ1v) is 14.3. The summed E-state index contributed by atoms with van der Waals surface area (Å²) >= 11 is 5.61. The van der Waals surface area contributed by atoms with Gasteiger partial charge in [0.15, 0.2) is 0 Å². The summed E-state index contributed by atoms with van der Waals surface area (Å²) in [6, 6.07) is 28.6. The molecule has 4 amide bonds. The Hall–Kier alpha value is -5.88. The second-order valence-electron chi connectivity index (χ2n) is 10.0. The number of carbonyl (C=O) groups excluding carboxylic acids is 3. The highest BCUT2D eigenvalue weighted by Crippen LogP contribution is 2.36. The standard InChI is InChI=1S/C34H25ClF3N5O4/c35-29-15-12-25(19-28(29)34(36,37)38)41-33(46)40-24-10-13-26(14-11-24)47-27-16-17-39-30(20-27)32(45)43-42-31(44)18-21-6-8-23(9-7-21)22-4-2-1-3-5-22/h1-17,19-20H,18H2,(H,42,44)(H,43,45)(H2,40,41,46). The molecule has 0 bridgehead atoms. The molecule has 1 heterocycles. The van der Waals surface area contributed by atoms with Crippen molar-refractivity contribution in [3.63, 3.8) is 0 Å². The molecule has 238 valence electrons. The molecule has 0 radical (unpaired) electrons. The quantitative estimate of drug-likeness (QED) is 0.126. The summed E-state index contributed by atoms with van der Waals surface area (Å²) in [7, 11) is 0. The van der Waals surface area contributed by atoms with Gasteiger partial charge in [0.1, 0.15) is 17.2 Å². The molecule has 5 aromatic rings. The van der Waals surface area contributed by atoms with Crippen molar-refractivity contribution in [1.29, 1.82) is 0 Å². The van der Waals surface area contributed by atoms with Crippen LogP contribution in [0.2, 0.25) is 5.02 Å². The van der Waals surface area contributed by atoms with E-state index in [0.717, 1.165) is 28.8 Å². The van der Waals surface area contributed by atoms with Gasteiger partial charge in [-0.3, -0.25) is 25.4 Å². The molecule has 47 heavy (non-hydrogen) atoms. The summed E-state index contributed by atoms with van der Waals surface area (Å²) < 4.78 is 45.0. The van der Waals surface area contributed by atoms with Crippen LogP contribution in [0.15, 0.2) is 115 Å². The smallest absolute Gasteiger partial charge is 0.417 e. The van der Waals surface area contributed by atoms with Gasteiger partial charge in [0.05, 0.1) is 17.0 Å². The third-order valence-corrected chi connectivity index (χ3v) is 6.91. The number of alkyl halides is 3. The van der Waals surface area contributed by atoms with Gasteiger partial charge in [-0.25, -0.2) is 4.79 Å². The molecular formula is C34H25ClF3N5O4. The van der Waals surface area contributed by atoms with Crippen molar-refractivity contribution in [2.24, 2.45) is 0 Å². The van der Waals surface area contributed by atoms with Gasteiger partial charge in [-0.15, -0.1) is 0 Å². The fraction of sp³-hybridized carbons (Fsp3) is 0.0588. The molecule has 0 aliphatic rings. The van der Waals surface area contributed by atoms with Crippen LogP contribution in [0.4, 0.5) is 29.3 Å². The van der Waals surface area contributed by atoms with Crippen molar-refractivity contribution >= 4 is 40.8 Å². The van der Waals surface area contributed by atoms with Gasteiger partial charge in [-0.2, -0.15) is 13.2 Å². The van der Waals surface area contributed by atoms with E-state index in [1.54, 1.807) is 0 Å². The minimum Gasteiger partial charge on any atom is -0.457 e. The van der Waals surface area contributed by atoms with Crippen molar-refractivity contribution in [2.75, 3.05) is 10.6 Å². The van der Waals surface area contributed by atoms with Gasteiger partial charge < -0.3 is 15.4 Å². The minimum atomic E-state index is -4.67. The van der Waals surface area contributed by atoms with Crippen molar-refractivity contribution in [3.05, 3.63) is 137 Å². The van der Waals surface area contributed by atoms with E-state index in [-0.39, 0.29) is 23.6 Å². The van der Waals surface area contributed by atoms with E-state index >= 15 is 0 Å². The molecular weight excluding hydrogens is 635 g/mol. The van der Waals surface area contributed by atoms with E-state index in [2.05, 4.69) is 26.5 Å². The van der Waals surface area contributed by atoms with Crippen LogP contribution in [0, 0.1) is 0 Å². The van der Waals surface area contributed by atoms with Crippen LogP contribution >= 0.6 is 11.6 Å². The summed E-state index contributed by atoms with van der Waals surface area (Å²) in [6.07, 6.45) is -3.26. The predicted octanol–water partition coefficient (Wildman–Crippen LogP) is 7.86. The van der Waals surface area contributed by atoms with Crippen LogP contribution < -0.4 is 26.2 Å². The number of halogens is 4. The molecule has 0 atom stereocenters. The Morgan fingerprint density at radius 3 is 2.09 bits per heavy atom. The maximum Gasteiger partial charge on any atom is 0.417 e. The first kappa shape index (κ1) is 32.5. The lowest BCUT2D eigenvalue weighted by Gasteiger charge is -2.13. The van der Waals surface area contributed by atoms with E-state index in [4.69, 9.17) is 16.3 Å². The number of ether oxygens (including phenoxy) is 1. The molecule has 0 aliphatic heterocycles. The zero-order chi connectivity index (χ0) is 33.4. The Bertz CT molecular complexity index is 1890. The lowest BCUT2D eigenvalue weighted by molar-refractivity contribution is -0.137. The van der Waals surface area contributed by atoms with Crippen molar-refractivity contribution in [2.45, 2.75) is 12.6 Å². The minimum absolute atomic E-state index is 0.0131. The summed E-state index contributed by atoms with van der Waals surface area (Å²) in [5, 5.41) is 4.35. The first-order chi connectivity index (χ1) is 22.5. The number of nitrogens with one attached hydrogen (secondary N) is 4. The molecule has 1 aromatic heterocycles. The summed E-state index contributed by atoms with van der Waals surface area (Å²) in [5.74, 6) is -0.444. The maximum absolute atomic E-state index is 13.1. The highest BCUT2D eigenvalue weighted by molar-refractivity contribution is 6.31. The average Bonchev–Trinajstić information content (AvgIpc) is 3.06. The average molecular weight is 660 g/mol. The summed E-state index contributed by atoms with van der Waals surface area (Å²) in [5.41, 5.74) is 6.73. The Morgan fingerprint density at radius 1 is 0.723 bits per heavy atom. The van der Waals surface area contributed by atoms with Gasteiger partial charge in [0, 0.05) is 23.6 Å². The number of aromatic nitrogens is 1. The van der Waals surface area contributed by atoms with Crippen LogP contribution in [0.25, 0.3) is 11.1 Å². The van der Waals surface area contributed by atoms with Gasteiger partial charge in [-0.05, 0) is 65.2 Å². The van der Waals surface area contributed by atoms with E-state index in [9.17, 15) is 27.6 Å². The van der Waals surface area contributed by atoms with Crippen LogP contribution in [0.3, 0.4) is 0 Å². The molecule has 0 aliphatic carbocycles. The number of hydrogen-bond donors (Lipinski definition) is 4. The Balaban J connectivity index is 1.10. The third-order valence-electron chi connectivity index (χ3n) is 6.58. The molecule has 5 rings (SSSR count). The molecule has 0 fully saturated rings. The number of benzene rings is 4. The fourth-order valence-electron chi connectivity index (χ4n) is 4.32. The number of rotatable bonds is 8. The number of urea groups is 1. The van der Waals surface area contributed by atoms with E-state index in [0.29, 0.717) is 11.4 Å². The van der Waals surface area contributed by atoms with Crippen LogP contribution in [-0.2, 0) is 17.4 Å². The lowest BCUT2D eigenvalue weighted by Crippen LogP contribution is -2.42. The number of hydrogen-bond acceptors (Lipinski definition) is 5. The molecule has 0 saturated carbocycles. The molecule has 0 unspecified atom stereocenters. The molecule has 0 saturated heterocycles. The van der Waals surface area contributed by atoms with Gasteiger partial charge in [0.25, 0.3) is 5.91 Å². The second-order valence-corrected chi connectivity index (χ2v) is 10.4. The van der Waals surface area contributed by atoms with E-state index < -0.39 is 34.6 Å². The Kier molecular flexibility index (Phi) is 10.0. The molecule has 4 N–H and O–H groups in total. The molecule has 13 heteroatoms. The van der Waals surface area contributed by atoms with Crippen molar-refractivity contribution < 1.29 is 32.3 Å². The highest BCUT2D eigenvalue weighted by Gasteiger charge is 2.33. The number of nitrogens with zero attached hydrogens (tertiary/aromatic N) is 1. The van der Waals surface area contributed by atoms with Crippen molar-refractivity contribution in [1.82, 2.24) is 15.8 Å². The Labute approximate surface area is 271 Å². The Morgan fingerprint density at radius 2 is 1.38 bits per heavy atom. The zero-order valence-corrected chi connectivity index (χ0v) is 25.0. The predicted molar refractivity (Wildman–Crippen MR) is 171 cm³/mol. The third kappa shape index (κ3) is 9.08. The van der Waals surface area contributed by atoms with Gasteiger partial charge in [0.2, 0.25) is 5.91 Å². The normalized spacial score (nSPS) is 10.9. The number of pyridine rings is 1. The van der Waals surface area contributed by atoms with E-state index in [1.807, 2.05) is 54.6 Å². The van der Waals surface area contributed by atoms with Crippen LogP contribution in [0.5, 0.6) is 11.5 Å². The largest absolute Gasteiger partial charge is 0.457 e. The van der Waals surface area contributed by atoms with Gasteiger partial charge in [-0.1, -0.05) is 66.2 Å². The molecule has 9 nitrogen and oxygen atoms in total.